The van der Waals surface area contributed by atoms with Gasteiger partial charge in [-0.05, 0) is 6.42 Å². The fourth-order valence-corrected chi connectivity index (χ4v) is 2.28. The van der Waals surface area contributed by atoms with Crippen molar-refractivity contribution in [1.82, 2.24) is 9.97 Å². The van der Waals surface area contributed by atoms with Crippen LogP contribution in [-0.2, 0) is 21.6 Å². The van der Waals surface area contributed by atoms with E-state index >= 15 is 0 Å². The van der Waals surface area contributed by atoms with Gasteiger partial charge < -0.3 is 5.32 Å². The van der Waals surface area contributed by atoms with Gasteiger partial charge in [0.05, 0.1) is 5.69 Å². The summed E-state index contributed by atoms with van der Waals surface area (Å²) in [6, 6.07) is 2.03. The van der Waals surface area contributed by atoms with E-state index in [1.165, 1.54) is 0 Å². The third kappa shape index (κ3) is 5.67. The van der Waals surface area contributed by atoms with Crippen molar-refractivity contribution in [1.29, 1.82) is 0 Å². The molecule has 1 aromatic rings. The Bertz CT molecular complexity index is 497. The highest BCUT2D eigenvalue weighted by atomic mass is 32.2. The van der Waals surface area contributed by atoms with Gasteiger partial charge in [-0.3, -0.25) is 4.21 Å². The van der Waals surface area contributed by atoms with Gasteiger partial charge in [0, 0.05) is 45.7 Å². The van der Waals surface area contributed by atoms with E-state index in [1.54, 1.807) is 6.26 Å². The Hall–Kier alpha value is -0.970. The molecule has 2 atom stereocenters. The summed E-state index contributed by atoms with van der Waals surface area (Å²) >= 11 is 0. The van der Waals surface area contributed by atoms with Gasteiger partial charge in [0.15, 0.2) is 0 Å². The lowest BCUT2D eigenvalue weighted by atomic mass is 9.90. The topological polar surface area (TPSA) is 54.9 Å². The van der Waals surface area contributed by atoms with Crippen LogP contribution in [0.15, 0.2) is 6.07 Å². The molecule has 126 valence electrons. The Balaban J connectivity index is 2.97. The molecule has 0 saturated carbocycles. The molecule has 1 aromatic heterocycles. The van der Waals surface area contributed by atoms with Crippen molar-refractivity contribution in [3.8, 4) is 0 Å². The molecule has 0 aliphatic rings. The molecule has 0 fully saturated rings. The predicted molar refractivity (Wildman–Crippen MR) is 96.1 cm³/mol. The van der Waals surface area contributed by atoms with E-state index in [0.29, 0.717) is 0 Å². The Morgan fingerprint density at radius 1 is 1.14 bits per heavy atom. The Morgan fingerprint density at radius 2 is 1.73 bits per heavy atom. The van der Waals surface area contributed by atoms with Gasteiger partial charge in [-0.1, -0.05) is 48.5 Å². The summed E-state index contributed by atoms with van der Waals surface area (Å²) in [5.41, 5.74) is 0.940. The zero-order valence-corrected chi connectivity index (χ0v) is 16.1. The first kappa shape index (κ1) is 19.1. The summed E-state index contributed by atoms with van der Waals surface area (Å²) < 4.78 is 11.4. The molecular weight excluding hydrogens is 294 g/mol. The lowest BCUT2D eigenvalue weighted by Crippen LogP contribution is -2.23. The van der Waals surface area contributed by atoms with E-state index in [9.17, 15) is 4.21 Å². The van der Waals surface area contributed by atoms with Crippen molar-refractivity contribution in [3.05, 3.63) is 17.6 Å². The molecule has 0 radical (unpaired) electrons. The molecule has 1 heterocycles. The highest BCUT2D eigenvalue weighted by Gasteiger charge is 2.23. The van der Waals surface area contributed by atoms with Crippen LogP contribution in [0.1, 0.15) is 66.4 Å². The van der Waals surface area contributed by atoms with Crippen LogP contribution >= 0.6 is 0 Å². The van der Waals surface area contributed by atoms with Crippen LogP contribution in [0.4, 0.5) is 5.82 Å². The molecule has 0 bridgehead atoms. The quantitative estimate of drug-likeness (QED) is 0.898. The van der Waals surface area contributed by atoms with E-state index in [1.807, 2.05) is 13.0 Å². The summed E-state index contributed by atoms with van der Waals surface area (Å²) in [5, 5.41) is 3.56. The first-order chi connectivity index (χ1) is 9.91. The van der Waals surface area contributed by atoms with Crippen molar-refractivity contribution in [2.24, 2.45) is 0 Å². The SMILES string of the molecule is CC(CCNc1cc(C(C)(C)C)nc(C(C)(C)C)n1)S(C)=O. The van der Waals surface area contributed by atoms with Crippen molar-refractivity contribution in [2.75, 3.05) is 18.1 Å². The molecular formula is C17H31N3OS. The van der Waals surface area contributed by atoms with Crippen LogP contribution < -0.4 is 5.32 Å². The van der Waals surface area contributed by atoms with Crippen molar-refractivity contribution in [2.45, 2.75) is 71.0 Å². The van der Waals surface area contributed by atoms with Crippen LogP contribution in [0.5, 0.6) is 0 Å². The molecule has 1 N–H and O–H groups in total. The number of anilines is 1. The molecule has 0 spiro atoms. The summed E-state index contributed by atoms with van der Waals surface area (Å²) in [6.07, 6.45) is 2.62. The first-order valence-corrected chi connectivity index (χ1v) is 9.49. The number of hydrogen-bond acceptors (Lipinski definition) is 4. The molecule has 2 unspecified atom stereocenters. The Kier molecular flexibility index (Phi) is 6.13. The summed E-state index contributed by atoms with van der Waals surface area (Å²) in [7, 11) is -0.778. The van der Waals surface area contributed by atoms with Crippen molar-refractivity contribution in [3.63, 3.8) is 0 Å². The summed E-state index contributed by atoms with van der Waals surface area (Å²) in [4.78, 5) is 9.41. The second-order valence-corrected chi connectivity index (χ2v) is 9.79. The number of aromatic nitrogens is 2. The molecule has 22 heavy (non-hydrogen) atoms. The molecule has 5 heteroatoms. The third-order valence-corrected chi connectivity index (χ3v) is 4.96. The Morgan fingerprint density at radius 3 is 2.18 bits per heavy atom. The van der Waals surface area contributed by atoms with E-state index < -0.39 is 10.8 Å². The van der Waals surface area contributed by atoms with Crippen molar-refractivity contribution >= 4 is 16.6 Å². The van der Waals surface area contributed by atoms with E-state index in [0.717, 1.165) is 30.3 Å². The van der Waals surface area contributed by atoms with Gasteiger partial charge in [-0.15, -0.1) is 0 Å². The predicted octanol–water partition coefficient (Wildman–Crippen LogP) is 3.64. The van der Waals surface area contributed by atoms with Gasteiger partial charge >= 0.3 is 0 Å². The normalized spacial score (nSPS) is 15.5. The van der Waals surface area contributed by atoms with Crippen LogP contribution in [0.25, 0.3) is 0 Å². The molecule has 0 amide bonds. The molecule has 1 rings (SSSR count). The second-order valence-electron chi connectivity index (χ2n) is 7.99. The number of nitrogens with one attached hydrogen (secondary N) is 1. The summed E-state index contributed by atoms with van der Waals surface area (Å²) in [5.74, 6) is 1.72. The minimum atomic E-state index is -0.778. The summed E-state index contributed by atoms with van der Waals surface area (Å²) in [6.45, 7) is 15.6. The molecule has 0 aromatic carbocycles. The molecule has 0 aliphatic carbocycles. The van der Waals surface area contributed by atoms with Crippen LogP contribution in [0, 0.1) is 0 Å². The third-order valence-electron chi connectivity index (χ3n) is 3.59. The fraction of sp³-hybridized carbons (Fsp3) is 0.765. The maximum Gasteiger partial charge on any atom is 0.136 e. The minimum Gasteiger partial charge on any atom is -0.370 e. The number of nitrogens with zero attached hydrogens (tertiary/aromatic N) is 2. The second kappa shape index (κ2) is 7.07. The van der Waals surface area contributed by atoms with Gasteiger partial charge in [-0.25, -0.2) is 9.97 Å². The molecule has 0 saturated heterocycles. The largest absolute Gasteiger partial charge is 0.370 e. The monoisotopic (exact) mass is 325 g/mol. The zero-order valence-electron chi connectivity index (χ0n) is 15.3. The van der Waals surface area contributed by atoms with E-state index in [2.05, 4.69) is 51.8 Å². The van der Waals surface area contributed by atoms with Gasteiger partial charge in [0.2, 0.25) is 0 Å². The number of hydrogen-bond donors (Lipinski definition) is 1. The van der Waals surface area contributed by atoms with Crippen LogP contribution in [-0.4, -0.2) is 32.2 Å². The van der Waals surface area contributed by atoms with Gasteiger partial charge in [0.1, 0.15) is 11.6 Å². The van der Waals surface area contributed by atoms with E-state index in [4.69, 9.17) is 4.98 Å². The fourth-order valence-electron chi connectivity index (χ4n) is 1.83. The number of rotatable bonds is 5. The van der Waals surface area contributed by atoms with Crippen molar-refractivity contribution < 1.29 is 4.21 Å². The minimum absolute atomic E-state index is 0.0163. The highest BCUT2D eigenvalue weighted by Crippen LogP contribution is 2.26. The van der Waals surface area contributed by atoms with Gasteiger partial charge in [-0.2, -0.15) is 0 Å². The lowest BCUT2D eigenvalue weighted by Gasteiger charge is -2.24. The maximum atomic E-state index is 11.4. The van der Waals surface area contributed by atoms with Gasteiger partial charge in [0.25, 0.3) is 0 Å². The lowest BCUT2D eigenvalue weighted by molar-refractivity contribution is 0.514. The molecule has 0 aliphatic heterocycles. The first-order valence-electron chi connectivity index (χ1n) is 7.87. The highest BCUT2D eigenvalue weighted by molar-refractivity contribution is 7.84. The molecule has 4 nitrogen and oxygen atoms in total. The average molecular weight is 326 g/mol. The smallest absolute Gasteiger partial charge is 0.136 e. The van der Waals surface area contributed by atoms with E-state index in [-0.39, 0.29) is 16.1 Å². The average Bonchev–Trinajstić information content (AvgIpc) is 2.36. The zero-order chi connectivity index (χ0) is 17.1. The van der Waals surface area contributed by atoms with Crippen LogP contribution in [0.2, 0.25) is 0 Å². The standard InChI is InChI=1S/C17H31N3OS/c1-12(22(8)21)9-10-18-14-11-13(16(2,3)4)19-15(20-14)17(5,6)7/h11-12H,9-10H2,1-8H3,(H,18,19,20). The Labute approximate surface area is 138 Å². The maximum absolute atomic E-state index is 11.4. The van der Waals surface area contributed by atoms with Crippen LogP contribution in [0.3, 0.4) is 0 Å².